The van der Waals surface area contributed by atoms with E-state index < -0.39 is 0 Å². The van der Waals surface area contributed by atoms with Crippen molar-refractivity contribution in [2.24, 2.45) is 5.92 Å². The van der Waals surface area contributed by atoms with Gasteiger partial charge in [-0.05, 0) is 49.3 Å². The van der Waals surface area contributed by atoms with E-state index in [0.29, 0.717) is 12.5 Å². The number of amides is 1. The van der Waals surface area contributed by atoms with Gasteiger partial charge in [-0.15, -0.1) is 0 Å². The molecule has 3 nitrogen and oxygen atoms in total. The predicted molar refractivity (Wildman–Crippen MR) is 81.7 cm³/mol. The smallest absolute Gasteiger partial charge is 0.227 e. The maximum absolute atomic E-state index is 11.7. The second-order valence-corrected chi connectivity index (χ2v) is 6.05. The normalized spacial score (nSPS) is 20.4. The van der Waals surface area contributed by atoms with Crippen LogP contribution in [0, 0.1) is 5.92 Å². The predicted octanol–water partition coefficient (Wildman–Crippen LogP) is 3.09. The van der Waals surface area contributed by atoms with Crippen molar-refractivity contribution in [1.29, 1.82) is 0 Å². The highest BCUT2D eigenvalue weighted by atomic mass is 16.2. The summed E-state index contributed by atoms with van der Waals surface area (Å²) in [5.41, 5.74) is 2.35. The molecule has 1 amide bonds. The third-order valence-corrected chi connectivity index (χ3v) is 4.52. The Morgan fingerprint density at radius 2 is 2.05 bits per heavy atom. The van der Waals surface area contributed by atoms with E-state index in [-0.39, 0.29) is 5.91 Å². The van der Waals surface area contributed by atoms with Crippen LogP contribution in [-0.4, -0.2) is 18.5 Å². The highest BCUT2D eigenvalue weighted by Crippen LogP contribution is 2.34. The van der Waals surface area contributed by atoms with E-state index >= 15 is 0 Å². The van der Waals surface area contributed by atoms with Crippen molar-refractivity contribution in [3.8, 4) is 0 Å². The fraction of sp³-hybridized carbons (Fsp3) is 0.588. The molecular weight excluding hydrogens is 248 g/mol. The van der Waals surface area contributed by atoms with Crippen LogP contribution in [0.2, 0.25) is 0 Å². The first-order valence-corrected chi connectivity index (χ1v) is 7.90. The minimum Gasteiger partial charge on any atom is -0.312 e. The fourth-order valence-electron chi connectivity index (χ4n) is 3.11. The molecule has 1 unspecified atom stereocenters. The number of nitrogens with zero attached hydrogens (tertiary/aromatic N) is 1. The molecule has 1 aromatic carbocycles. The first-order chi connectivity index (χ1) is 9.78. The minimum absolute atomic E-state index is 0.260. The number of nitrogens with one attached hydrogen (secondary N) is 1. The lowest BCUT2D eigenvalue weighted by Gasteiger charge is -2.18. The van der Waals surface area contributed by atoms with E-state index in [2.05, 4.69) is 36.5 Å². The Bertz CT molecular complexity index is 464. The molecule has 0 radical (unpaired) electrons. The van der Waals surface area contributed by atoms with Crippen molar-refractivity contribution in [2.45, 2.75) is 51.6 Å². The van der Waals surface area contributed by atoms with Gasteiger partial charge in [-0.1, -0.05) is 19.1 Å². The summed E-state index contributed by atoms with van der Waals surface area (Å²) in [7, 11) is 0. The van der Waals surface area contributed by atoms with E-state index in [1.54, 1.807) is 0 Å². The van der Waals surface area contributed by atoms with Crippen molar-refractivity contribution in [2.75, 3.05) is 11.4 Å². The number of hydrogen-bond acceptors (Lipinski definition) is 2. The summed E-state index contributed by atoms with van der Waals surface area (Å²) >= 11 is 0. The maximum Gasteiger partial charge on any atom is 0.227 e. The SMILES string of the molecule is CCC(NCc1ccc(N2CCCC2=O)cc1)C1CC1. The summed E-state index contributed by atoms with van der Waals surface area (Å²) in [6, 6.07) is 9.13. The molecule has 1 saturated heterocycles. The molecular formula is C17H24N2O. The number of rotatable bonds is 6. The highest BCUT2D eigenvalue weighted by Gasteiger charge is 2.29. The van der Waals surface area contributed by atoms with Crippen LogP contribution in [0.25, 0.3) is 0 Å². The number of benzene rings is 1. The molecule has 0 bridgehead atoms. The molecule has 1 aromatic rings. The standard InChI is InChI=1S/C17H24N2O/c1-2-16(14-7-8-14)18-12-13-5-9-15(10-6-13)19-11-3-4-17(19)20/h5-6,9-10,14,16,18H,2-4,7-8,11-12H2,1H3. The van der Waals surface area contributed by atoms with E-state index in [1.165, 1.54) is 24.8 Å². The van der Waals surface area contributed by atoms with Crippen LogP contribution in [0.4, 0.5) is 5.69 Å². The first-order valence-electron chi connectivity index (χ1n) is 7.90. The molecule has 0 spiro atoms. The van der Waals surface area contributed by atoms with Gasteiger partial charge in [0.15, 0.2) is 0 Å². The summed E-state index contributed by atoms with van der Waals surface area (Å²) < 4.78 is 0. The van der Waals surface area contributed by atoms with Crippen molar-refractivity contribution in [1.82, 2.24) is 5.32 Å². The fourth-order valence-corrected chi connectivity index (χ4v) is 3.11. The van der Waals surface area contributed by atoms with E-state index in [9.17, 15) is 4.79 Å². The number of anilines is 1. The Morgan fingerprint density at radius 1 is 1.30 bits per heavy atom. The summed E-state index contributed by atoms with van der Waals surface area (Å²) in [5.74, 6) is 1.16. The molecule has 3 heteroatoms. The van der Waals surface area contributed by atoms with Gasteiger partial charge < -0.3 is 10.2 Å². The van der Waals surface area contributed by atoms with Gasteiger partial charge in [0.05, 0.1) is 0 Å². The lowest BCUT2D eigenvalue weighted by molar-refractivity contribution is -0.117. The van der Waals surface area contributed by atoms with E-state index in [1.807, 2.05) is 4.90 Å². The molecule has 1 N–H and O–H groups in total. The highest BCUT2D eigenvalue weighted by molar-refractivity contribution is 5.95. The van der Waals surface area contributed by atoms with Gasteiger partial charge in [0, 0.05) is 31.2 Å². The Kier molecular flexibility index (Phi) is 4.06. The average Bonchev–Trinajstić information content (AvgIpc) is 3.22. The number of hydrogen-bond donors (Lipinski definition) is 1. The topological polar surface area (TPSA) is 32.3 Å². The van der Waals surface area contributed by atoms with Crippen LogP contribution in [-0.2, 0) is 11.3 Å². The number of carbonyl (C=O) groups excluding carboxylic acids is 1. The molecule has 2 fully saturated rings. The van der Waals surface area contributed by atoms with Gasteiger partial charge in [-0.25, -0.2) is 0 Å². The van der Waals surface area contributed by atoms with Crippen LogP contribution in [0.3, 0.4) is 0 Å². The summed E-state index contributed by atoms with van der Waals surface area (Å²) in [6.45, 7) is 4.07. The van der Waals surface area contributed by atoms with Crippen molar-refractivity contribution >= 4 is 11.6 Å². The molecule has 2 aliphatic rings. The van der Waals surface area contributed by atoms with Crippen LogP contribution < -0.4 is 10.2 Å². The van der Waals surface area contributed by atoms with Crippen LogP contribution in [0.15, 0.2) is 24.3 Å². The molecule has 20 heavy (non-hydrogen) atoms. The quantitative estimate of drug-likeness (QED) is 0.863. The monoisotopic (exact) mass is 272 g/mol. The molecule has 3 rings (SSSR count). The Hall–Kier alpha value is -1.35. The minimum atomic E-state index is 0.260. The molecule has 1 aliphatic heterocycles. The molecule has 1 heterocycles. The summed E-state index contributed by atoms with van der Waals surface area (Å²) in [5, 5.41) is 3.66. The first kappa shape index (κ1) is 13.6. The van der Waals surface area contributed by atoms with Crippen LogP contribution in [0.1, 0.15) is 44.6 Å². The van der Waals surface area contributed by atoms with Crippen LogP contribution in [0.5, 0.6) is 0 Å². The average molecular weight is 272 g/mol. The molecule has 0 aromatic heterocycles. The van der Waals surface area contributed by atoms with Crippen LogP contribution >= 0.6 is 0 Å². The second kappa shape index (κ2) is 5.96. The third kappa shape index (κ3) is 3.04. The summed E-state index contributed by atoms with van der Waals surface area (Å²) in [6.07, 6.45) is 5.68. The number of carbonyl (C=O) groups is 1. The zero-order valence-corrected chi connectivity index (χ0v) is 12.3. The molecule has 108 valence electrons. The second-order valence-electron chi connectivity index (χ2n) is 6.05. The zero-order valence-electron chi connectivity index (χ0n) is 12.3. The maximum atomic E-state index is 11.7. The van der Waals surface area contributed by atoms with Gasteiger partial charge >= 0.3 is 0 Å². The van der Waals surface area contributed by atoms with Gasteiger partial charge in [0.1, 0.15) is 0 Å². The molecule has 1 saturated carbocycles. The zero-order chi connectivity index (χ0) is 13.9. The van der Waals surface area contributed by atoms with Crippen molar-refractivity contribution < 1.29 is 4.79 Å². The van der Waals surface area contributed by atoms with Crippen molar-refractivity contribution in [3.63, 3.8) is 0 Å². The third-order valence-electron chi connectivity index (χ3n) is 4.52. The van der Waals surface area contributed by atoms with Gasteiger partial charge in [-0.3, -0.25) is 4.79 Å². The molecule has 1 aliphatic carbocycles. The van der Waals surface area contributed by atoms with Gasteiger partial charge in [0.25, 0.3) is 0 Å². The Morgan fingerprint density at radius 3 is 2.60 bits per heavy atom. The van der Waals surface area contributed by atoms with Gasteiger partial charge in [-0.2, -0.15) is 0 Å². The van der Waals surface area contributed by atoms with Gasteiger partial charge in [0.2, 0.25) is 5.91 Å². The van der Waals surface area contributed by atoms with E-state index in [4.69, 9.17) is 0 Å². The lowest BCUT2D eigenvalue weighted by Crippen LogP contribution is -2.29. The molecule has 1 atom stereocenters. The van der Waals surface area contributed by atoms with E-state index in [0.717, 1.165) is 31.1 Å². The Balaban J connectivity index is 1.57. The Labute approximate surface area is 121 Å². The summed E-state index contributed by atoms with van der Waals surface area (Å²) in [4.78, 5) is 13.6. The van der Waals surface area contributed by atoms with Crippen molar-refractivity contribution in [3.05, 3.63) is 29.8 Å². The largest absolute Gasteiger partial charge is 0.312 e. The lowest BCUT2D eigenvalue weighted by atomic mass is 10.1.